The molecule has 1 amide bonds. The molecular weight excluding hydrogens is 286 g/mol. The van der Waals surface area contributed by atoms with Crippen molar-refractivity contribution in [2.24, 2.45) is 0 Å². The highest BCUT2D eigenvalue weighted by molar-refractivity contribution is 7.80. The molecule has 2 rings (SSSR count). The number of hydrogen-bond acceptors (Lipinski definition) is 3. The van der Waals surface area contributed by atoms with Gasteiger partial charge in [0.25, 0.3) is 5.91 Å². The van der Waals surface area contributed by atoms with Crippen molar-refractivity contribution in [1.82, 2.24) is 10.9 Å². The van der Waals surface area contributed by atoms with Gasteiger partial charge in [0.1, 0.15) is 5.75 Å². The number of anilines is 1. The van der Waals surface area contributed by atoms with Gasteiger partial charge in [0.2, 0.25) is 0 Å². The summed E-state index contributed by atoms with van der Waals surface area (Å²) >= 11 is 5.09. The minimum Gasteiger partial charge on any atom is -0.508 e. The van der Waals surface area contributed by atoms with Gasteiger partial charge in [-0.3, -0.25) is 15.6 Å². The van der Waals surface area contributed by atoms with Crippen LogP contribution in [0.25, 0.3) is 0 Å². The number of aryl methyl sites for hydroxylation is 1. The minimum atomic E-state index is -0.390. The number of aromatic hydroxyl groups is 1. The molecular formula is C15H15N3O2S. The average Bonchev–Trinajstić information content (AvgIpc) is 2.45. The number of phenolic OH excluding ortho intramolecular Hbond substituents is 1. The van der Waals surface area contributed by atoms with E-state index in [2.05, 4.69) is 16.2 Å². The van der Waals surface area contributed by atoms with Gasteiger partial charge in [0, 0.05) is 11.3 Å². The van der Waals surface area contributed by atoms with Gasteiger partial charge < -0.3 is 10.4 Å². The van der Waals surface area contributed by atoms with Crippen LogP contribution in [0.1, 0.15) is 15.9 Å². The molecule has 0 aliphatic carbocycles. The maximum absolute atomic E-state index is 11.8. The zero-order valence-corrected chi connectivity index (χ0v) is 12.2. The van der Waals surface area contributed by atoms with Crippen LogP contribution >= 0.6 is 12.2 Å². The summed E-state index contributed by atoms with van der Waals surface area (Å²) in [7, 11) is 0. The largest absolute Gasteiger partial charge is 0.508 e. The van der Waals surface area contributed by atoms with Gasteiger partial charge in [-0.15, -0.1) is 0 Å². The molecule has 0 saturated carbocycles. The number of hydrogen-bond donors (Lipinski definition) is 4. The number of phenols is 1. The van der Waals surface area contributed by atoms with Gasteiger partial charge >= 0.3 is 0 Å². The smallest absolute Gasteiger partial charge is 0.269 e. The predicted octanol–water partition coefficient (Wildman–Crippen LogP) is 2.33. The number of hydrazine groups is 1. The quantitative estimate of drug-likeness (QED) is 0.506. The van der Waals surface area contributed by atoms with E-state index in [0.29, 0.717) is 5.56 Å². The molecule has 0 atom stereocenters. The van der Waals surface area contributed by atoms with Crippen LogP contribution in [0.5, 0.6) is 5.75 Å². The fraction of sp³-hybridized carbons (Fsp3) is 0.0667. The van der Waals surface area contributed by atoms with Gasteiger partial charge in [0.15, 0.2) is 5.11 Å². The molecule has 2 aromatic carbocycles. The summed E-state index contributed by atoms with van der Waals surface area (Å²) in [5, 5.41) is 12.6. The van der Waals surface area contributed by atoms with Crippen LogP contribution in [0.15, 0.2) is 48.5 Å². The van der Waals surface area contributed by atoms with E-state index in [1.807, 2.05) is 31.2 Å². The summed E-state index contributed by atoms with van der Waals surface area (Å²) in [6.07, 6.45) is 0. The van der Waals surface area contributed by atoms with Crippen molar-refractivity contribution in [2.45, 2.75) is 6.92 Å². The average molecular weight is 301 g/mol. The topological polar surface area (TPSA) is 73.4 Å². The van der Waals surface area contributed by atoms with Crippen LogP contribution in [0.4, 0.5) is 5.69 Å². The number of amides is 1. The molecule has 0 heterocycles. The third kappa shape index (κ3) is 4.47. The molecule has 21 heavy (non-hydrogen) atoms. The SMILES string of the molecule is Cc1cccc(NC(=S)NNC(=O)c2cccc(O)c2)c1. The van der Waals surface area contributed by atoms with Gasteiger partial charge in [-0.25, -0.2) is 0 Å². The Kier molecular flexibility index (Phi) is 4.73. The number of thiocarbonyl (C=S) groups is 1. The number of carbonyl (C=O) groups is 1. The van der Waals surface area contributed by atoms with Crippen LogP contribution in [0, 0.1) is 6.92 Å². The van der Waals surface area contributed by atoms with Crippen LogP contribution < -0.4 is 16.2 Å². The monoisotopic (exact) mass is 301 g/mol. The summed E-state index contributed by atoms with van der Waals surface area (Å²) in [4.78, 5) is 11.8. The number of nitrogens with one attached hydrogen (secondary N) is 3. The van der Waals surface area contributed by atoms with Gasteiger partial charge in [0.05, 0.1) is 0 Å². The lowest BCUT2D eigenvalue weighted by atomic mass is 10.2. The molecule has 0 aromatic heterocycles. The van der Waals surface area contributed by atoms with E-state index in [-0.39, 0.29) is 16.8 Å². The van der Waals surface area contributed by atoms with Crippen molar-refractivity contribution in [3.63, 3.8) is 0 Å². The molecule has 0 fully saturated rings. The molecule has 0 aliphatic rings. The first-order valence-electron chi connectivity index (χ1n) is 6.27. The molecule has 0 radical (unpaired) electrons. The number of rotatable bonds is 2. The van der Waals surface area contributed by atoms with Crippen molar-refractivity contribution >= 4 is 28.9 Å². The van der Waals surface area contributed by atoms with Crippen molar-refractivity contribution < 1.29 is 9.90 Å². The van der Waals surface area contributed by atoms with Crippen LogP contribution in [-0.4, -0.2) is 16.1 Å². The van der Waals surface area contributed by atoms with E-state index in [1.54, 1.807) is 12.1 Å². The highest BCUT2D eigenvalue weighted by Crippen LogP contribution is 2.10. The maximum Gasteiger partial charge on any atom is 0.269 e. The van der Waals surface area contributed by atoms with Crippen molar-refractivity contribution in [2.75, 3.05) is 5.32 Å². The molecule has 108 valence electrons. The summed E-state index contributed by atoms with van der Waals surface area (Å²) < 4.78 is 0. The molecule has 0 unspecified atom stereocenters. The molecule has 6 heteroatoms. The first kappa shape index (κ1) is 14.8. The van der Waals surface area contributed by atoms with Crippen LogP contribution in [0.2, 0.25) is 0 Å². The Morgan fingerprint density at radius 1 is 1.10 bits per heavy atom. The fourth-order valence-corrected chi connectivity index (χ4v) is 1.89. The van der Waals surface area contributed by atoms with Crippen LogP contribution in [0.3, 0.4) is 0 Å². The van der Waals surface area contributed by atoms with E-state index in [4.69, 9.17) is 12.2 Å². The summed E-state index contributed by atoms with van der Waals surface area (Å²) in [5.74, 6) is -0.359. The molecule has 0 aliphatic heterocycles. The normalized spacial score (nSPS) is 9.76. The Morgan fingerprint density at radius 3 is 2.57 bits per heavy atom. The minimum absolute atomic E-state index is 0.0307. The lowest BCUT2D eigenvalue weighted by molar-refractivity contribution is 0.0944. The van der Waals surface area contributed by atoms with Crippen LogP contribution in [-0.2, 0) is 0 Å². The first-order valence-corrected chi connectivity index (χ1v) is 6.68. The summed E-state index contributed by atoms with van der Waals surface area (Å²) in [5.41, 5.74) is 7.33. The molecule has 0 spiro atoms. The first-order chi connectivity index (χ1) is 10.0. The maximum atomic E-state index is 11.8. The molecule has 5 nitrogen and oxygen atoms in total. The number of benzene rings is 2. The predicted molar refractivity (Wildman–Crippen MR) is 86.1 cm³/mol. The second kappa shape index (κ2) is 6.71. The van der Waals surface area contributed by atoms with E-state index in [1.165, 1.54) is 12.1 Å². The third-order valence-corrected chi connectivity index (χ3v) is 2.88. The van der Waals surface area contributed by atoms with E-state index >= 15 is 0 Å². The van der Waals surface area contributed by atoms with Crippen molar-refractivity contribution in [1.29, 1.82) is 0 Å². The Balaban J connectivity index is 1.88. The van der Waals surface area contributed by atoms with E-state index < -0.39 is 0 Å². The second-order valence-electron chi connectivity index (χ2n) is 4.45. The van der Waals surface area contributed by atoms with Crippen molar-refractivity contribution in [3.05, 3.63) is 59.7 Å². The van der Waals surface area contributed by atoms with Gasteiger partial charge in [-0.2, -0.15) is 0 Å². The zero-order valence-electron chi connectivity index (χ0n) is 11.4. The summed E-state index contributed by atoms with van der Waals surface area (Å²) in [6.45, 7) is 1.98. The lowest BCUT2D eigenvalue weighted by Gasteiger charge is -2.12. The zero-order chi connectivity index (χ0) is 15.2. The Morgan fingerprint density at radius 2 is 1.86 bits per heavy atom. The standard InChI is InChI=1S/C15H15N3O2S/c1-10-4-2-6-12(8-10)16-15(21)18-17-14(20)11-5-3-7-13(19)9-11/h2-9,19H,1H3,(H,17,20)(H2,16,18,21). The van der Waals surface area contributed by atoms with Gasteiger partial charge in [-0.05, 0) is 55.0 Å². The van der Waals surface area contributed by atoms with Gasteiger partial charge in [-0.1, -0.05) is 18.2 Å². The Hall–Kier alpha value is -2.60. The molecule has 4 N–H and O–H groups in total. The molecule has 0 bridgehead atoms. The Labute approximate surface area is 128 Å². The number of carbonyl (C=O) groups excluding carboxylic acids is 1. The highest BCUT2D eigenvalue weighted by Gasteiger charge is 2.06. The Bertz CT molecular complexity index is 673. The summed E-state index contributed by atoms with van der Waals surface area (Å²) in [6, 6.07) is 13.7. The van der Waals surface area contributed by atoms with E-state index in [0.717, 1.165) is 11.3 Å². The molecule has 0 saturated heterocycles. The van der Waals surface area contributed by atoms with Crippen molar-refractivity contribution in [3.8, 4) is 5.75 Å². The highest BCUT2D eigenvalue weighted by atomic mass is 32.1. The fourth-order valence-electron chi connectivity index (χ4n) is 1.72. The lowest BCUT2D eigenvalue weighted by Crippen LogP contribution is -2.43. The molecule has 2 aromatic rings. The third-order valence-electron chi connectivity index (χ3n) is 2.67. The second-order valence-corrected chi connectivity index (χ2v) is 4.86. The van der Waals surface area contributed by atoms with E-state index in [9.17, 15) is 9.90 Å².